The highest BCUT2D eigenvalue weighted by Crippen LogP contribution is 2.38. The standard InChI is InChI=1S/C33H27N3O5S/c1-4-39-32(38)28-19(3)34-33-36(30(28)21-11-13-25-26(15-21)41-17-40-25)31(37)27(42-33)16-23-22-14-18(2)10-12-24(22)35-29(23)20-8-6-5-7-9-20/h5-16,30,35H,4,17H2,1-3H3/b27-16+/t30-/m0/s1. The molecule has 1 atom stereocenters. The molecule has 210 valence electrons. The quantitative estimate of drug-likeness (QED) is 0.297. The molecule has 0 unspecified atom stereocenters. The summed E-state index contributed by atoms with van der Waals surface area (Å²) in [6, 6.07) is 21.0. The molecule has 0 bridgehead atoms. The highest BCUT2D eigenvalue weighted by atomic mass is 32.1. The zero-order valence-corrected chi connectivity index (χ0v) is 24.1. The first kappa shape index (κ1) is 26.0. The fraction of sp³-hybridized carbons (Fsp3) is 0.182. The third-order valence-electron chi connectivity index (χ3n) is 7.56. The van der Waals surface area contributed by atoms with E-state index in [9.17, 15) is 9.59 Å². The van der Waals surface area contributed by atoms with Gasteiger partial charge in [-0.1, -0.05) is 59.4 Å². The highest BCUT2D eigenvalue weighted by Gasteiger charge is 2.34. The second kappa shape index (κ2) is 10.2. The molecule has 0 radical (unpaired) electrons. The van der Waals surface area contributed by atoms with Gasteiger partial charge in [-0.15, -0.1) is 0 Å². The van der Waals surface area contributed by atoms with E-state index in [2.05, 4.69) is 30.1 Å². The number of carbonyl (C=O) groups is 1. The first-order chi connectivity index (χ1) is 20.4. The smallest absolute Gasteiger partial charge is 0.338 e. The third-order valence-corrected chi connectivity index (χ3v) is 8.54. The monoisotopic (exact) mass is 577 g/mol. The zero-order chi connectivity index (χ0) is 29.0. The normalized spacial score (nSPS) is 16.1. The van der Waals surface area contributed by atoms with Crippen LogP contribution in [0, 0.1) is 6.92 Å². The number of nitrogens with zero attached hydrogens (tertiary/aromatic N) is 2. The summed E-state index contributed by atoms with van der Waals surface area (Å²) in [6.45, 7) is 5.91. The molecule has 4 heterocycles. The number of aromatic nitrogens is 2. The first-order valence-corrected chi connectivity index (χ1v) is 14.5. The van der Waals surface area contributed by atoms with E-state index < -0.39 is 12.0 Å². The average molecular weight is 578 g/mol. The SMILES string of the molecule is CCOC(=O)C1=C(C)N=c2s/c(=C/c3c(-c4ccccc4)[nH]c4ccc(C)cc34)c(=O)n2[C@H]1c1ccc2c(c1)OCO2. The Balaban J connectivity index is 1.47. The highest BCUT2D eigenvalue weighted by molar-refractivity contribution is 7.07. The van der Waals surface area contributed by atoms with Crippen LogP contribution in [0.3, 0.4) is 0 Å². The lowest BCUT2D eigenvalue weighted by Crippen LogP contribution is -2.39. The molecule has 3 aromatic carbocycles. The number of benzene rings is 3. The van der Waals surface area contributed by atoms with Crippen molar-refractivity contribution in [1.82, 2.24) is 9.55 Å². The summed E-state index contributed by atoms with van der Waals surface area (Å²) in [7, 11) is 0. The zero-order valence-electron chi connectivity index (χ0n) is 23.3. The Morgan fingerprint density at radius 1 is 1.10 bits per heavy atom. The van der Waals surface area contributed by atoms with Crippen LogP contribution in [-0.4, -0.2) is 28.9 Å². The maximum Gasteiger partial charge on any atom is 0.338 e. The van der Waals surface area contributed by atoms with Crippen molar-refractivity contribution in [2.24, 2.45) is 4.99 Å². The Bertz CT molecular complexity index is 2100. The van der Waals surface area contributed by atoms with Gasteiger partial charge in [0.15, 0.2) is 16.3 Å². The van der Waals surface area contributed by atoms with Crippen molar-refractivity contribution in [2.45, 2.75) is 26.8 Å². The molecule has 8 nitrogen and oxygen atoms in total. The summed E-state index contributed by atoms with van der Waals surface area (Å²) >= 11 is 1.30. The van der Waals surface area contributed by atoms with Crippen molar-refractivity contribution < 1.29 is 19.0 Å². The molecule has 0 amide bonds. The lowest BCUT2D eigenvalue weighted by molar-refractivity contribution is -0.139. The van der Waals surface area contributed by atoms with Crippen LogP contribution in [0.1, 0.15) is 36.6 Å². The number of fused-ring (bicyclic) bond motifs is 3. The van der Waals surface area contributed by atoms with E-state index in [0.29, 0.717) is 37.7 Å². The van der Waals surface area contributed by atoms with Crippen molar-refractivity contribution in [3.8, 4) is 22.8 Å². The number of hydrogen-bond donors (Lipinski definition) is 1. The van der Waals surface area contributed by atoms with Crippen molar-refractivity contribution in [1.29, 1.82) is 0 Å². The van der Waals surface area contributed by atoms with E-state index in [1.807, 2.05) is 48.5 Å². The minimum absolute atomic E-state index is 0.120. The molecular formula is C33H27N3O5S. The fourth-order valence-electron chi connectivity index (χ4n) is 5.63. The van der Waals surface area contributed by atoms with Gasteiger partial charge in [-0.05, 0) is 62.2 Å². The minimum atomic E-state index is -0.740. The van der Waals surface area contributed by atoms with E-state index in [4.69, 9.17) is 19.2 Å². The molecule has 9 heteroatoms. The average Bonchev–Trinajstić information content (AvgIpc) is 3.68. The topological polar surface area (TPSA) is 94.9 Å². The molecule has 0 saturated heterocycles. The predicted octanol–water partition coefficient (Wildman–Crippen LogP) is 4.98. The number of allylic oxidation sites excluding steroid dienone is 1. The minimum Gasteiger partial charge on any atom is -0.463 e. The fourth-order valence-corrected chi connectivity index (χ4v) is 6.66. The number of aromatic amines is 1. The van der Waals surface area contributed by atoms with Crippen molar-refractivity contribution >= 4 is 34.3 Å². The lowest BCUT2D eigenvalue weighted by atomic mass is 9.95. The number of esters is 1. The van der Waals surface area contributed by atoms with Gasteiger partial charge in [0.1, 0.15) is 0 Å². The maximum absolute atomic E-state index is 14.3. The van der Waals surface area contributed by atoms with Crippen molar-refractivity contribution in [3.63, 3.8) is 0 Å². The third kappa shape index (κ3) is 4.24. The molecule has 0 spiro atoms. The van der Waals surface area contributed by atoms with Gasteiger partial charge >= 0.3 is 5.97 Å². The molecule has 42 heavy (non-hydrogen) atoms. The van der Waals surface area contributed by atoms with E-state index >= 15 is 0 Å². The van der Waals surface area contributed by atoms with Crippen LogP contribution < -0.4 is 24.4 Å². The summed E-state index contributed by atoms with van der Waals surface area (Å²) in [5, 5.41) is 1.02. The van der Waals surface area contributed by atoms with Crippen LogP contribution in [0.25, 0.3) is 28.2 Å². The van der Waals surface area contributed by atoms with E-state index in [1.165, 1.54) is 11.3 Å². The summed E-state index contributed by atoms with van der Waals surface area (Å²) in [4.78, 5) is 36.3. The van der Waals surface area contributed by atoms with Gasteiger partial charge in [-0.3, -0.25) is 9.36 Å². The molecular weight excluding hydrogens is 550 g/mol. The van der Waals surface area contributed by atoms with Gasteiger partial charge in [-0.2, -0.15) is 0 Å². The molecule has 7 rings (SSSR count). The van der Waals surface area contributed by atoms with Gasteiger partial charge in [-0.25, -0.2) is 9.79 Å². The van der Waals surface area contributed by atoms with Gasteiger partial charge in [0.2, 0.25) is 6.79 Å². The Morgan fingerprint density at radius 2 is 1.90 bits per heavy atom. The van der Waals surface area contributed by atoms with Gasteiger partial charge in [0.25, 0.3) is 5.56 Å². The van der Waals surface area contributed by atoms with Crippen LogP contribution in [-0.2, 0) is 9.53 Å². The number of carbonyl (C=O) groups excluding carboxylic acids is 1. The van der Waals surface area contributed by atoms with Crippen LogP contribution >= 0.6 is 11.3 Å². The predicted molar refractivity (Wildman–Crippen MR) is 161 cm³/mol. The number of thiazole rings is 1. The van der Waals surface area contributed by atoms with Gasteiger partial charge in [0.05, 0.1) is 34.1 Å². The molecule has 0 fully saturated rings. The molecule has 2 aromatic heterocycles. The molecule has 2 aliphatic rings. The number of H-pyrrole nitrogens is 1. The molecule has 5 aromatic rings. The van der Waals surface area contributed by atoms with E-state index in [-0.39, 0.29) is 19.0 Å². The molecule has 1 N–H and O–H groups in total. The lowest BCUT2D eigenvalue weighted by Gasteiger charge is -2.24. The largest absolute Gasteiger partial charge is 0.463 e. The van der Waals surface area contributed by atoms with Crippen LogP contribution in [0.5, 0.6) is 11.5 Å². The first-order valence-electron chi connectivity index (χ1n) is 13.7. The van der Waals surface area contributed by atoms with Gasteiger partial charge < -0.3 is 19.2 Å². The van der Waals surface area contributed by atoms with Gasteiger partial charge in [0, 0.05) is 16.5 Å². The van der Waals surface area contributed by atoms with Crippen molar-refractivity contribution in [2.75, 3.05) is 13.4 Å². The second-order valence-electron chi connectivity index (χ2n) is 10.2. The number of hydrogen-bond acceptors (Lipinski definition) is 7. The Morgan fingerprint density at radius 3 is 2.71 bits per heavy atom. The summed E-state index contributed by atoms with van der Waals surface area (Å²) in [6.07, 6.45) is 1.94. The summed E-state index contributed by atoms with van der Waals surface area (Å²) in [5.41, 5.74) is 6.27. The second-order valence-corrected chi connectivity index (χ2v) is 11.3. The van der Waals surface area contributed by atoms with Crippen molar-refractivity contribution in [3.05, 3.63) is 114 Å². The molecule has 0 aliphatic carbocycles. The summed E-state index contributed by atoms with van der Waals surface area (Å²) in [5.74, 6) is 0.677. The number of ether oxygens (including phenoxy) is 3. The molecule has 2 aliphatic heterocycles. The van der Waals surface area contributed by atoms with Crippen LogP contribution in [0.2, 0.25) is 0 Å². The number of rotatable bonds is 5. The molecule has 0 saturated carbocycles. The van der Waals surface area contributed by atoms with Crippen LogP contribution in [0.15, 0.2) is 87.8 Å². The van der Waals surface area contributed by atoms with E-state index in [1.54, 1.807) is 24.5 Å². The van der Waals surface area contributed by atoms with Crippen LogP contribution in [0.4, 0.5) is 0 Å². The number of nitrogens with one attached hydrogen (secondary N) is 1. The Kier molecular flexibility index (Phi) is 6.31. The Hall–Kier alpha value is -4.89. The van der Waals surface area contributed by atoms with E-state index in [0.717, 1.165) is 33.3 Å². The Labute approximate surface area is 244 Å². The number of aryl methyl sites for hydroxylation is 1. The summed E-state index contributed by atoms with van der Waals surface area (Å²) < 4.78 is 18.7. The maximum atomic E-state index is 14.3.